The molecule has 0 aliphatic rings. The van der Waals surface area contributed by atoms with E-state index in [1.807, 2.05) is 30.3 Å². The van der Waals surface area contributed by atoms with Crippen LogP contribution in [0.2, 0.25) is 0 Å². The Morgan fingerprint density at radius 3 is 2.67 bits per heavy atom. The van der Waals surface area contributed by atoms with Crippen molar-refractivity contribution in [1.29, 1.82) is 0 Å². The van der Waals surface area contributed by atoms with Crippen LogP contribution in [0.3, 0.4) is 0 Å². The maximum absolute atomic E-state index is 10.9. The van der Waals surface area contributed by atoms with E-state index in [-0.39, 0.29) is 11.5 Å². The number of pyridine rings is 1. The molecule has 1 heterocycles. The molecule has 0 amide bonds. The van der Waals surface area contributed by atoms with E-state index in [4.69, 9.17) is 5.73 Å². The van der Waals surface area contributed by atoms with Crippen LogP contribution in [0.25, 0.3) is 0 Å². The lowest BCUT2D eigenvalue weighted by atomic mass is 10.2. The second kappa shape index (κ2) is 5.50. The Balaban J connectivity index is 2.20. The molecule has 0 radical (unpaired) electrons. The molecule has 0 saturated heterocycles. The van der Waals surface area contributed by atoms with Crippen LogP contribution in [0.1, 0.15) is 5.56 Å². The number of nitrogens with two attached hydrogens (primary N) is 1. The average Bonchev–Trinajstić information content (AvgIpc) is 2.37. The minimum absolute atomic E-state index is 0.0435. The lowest BCUT2D eigenvalue weighted by Crippen LogP contribution is -1.99. The van der Waals surface area contributed by atoms with Gasteiger partial charge in [0.2, 0.25) is 5.82 Å². The van der Waals surface area contributed by atoms with E-state index in [2.05, 4.69) is 4.98 Å². The van der Waals surface area contributed by atoms with Crippen LogP contribution in [-0.2, 0) is 5.75 Å². The van der Waals surface area contributed by atoms with E-state index in [9.17, 15) is 10.1 Å². The maximum atomic E-state index is 10.9. The smallest absolute Gasteiger partial charge is 0.324 e. The van der Waals surface area contributed by atoms with Crippen LogP contribution in [0.5, 0.6) is 0 Å². The predicted molar refractivity (Wildman–Crippen MR) is 71.3 cm³/mol. The minimum atomic E-state index is -0.490. The van der Waals surface area contributed by atoms with E-state index in [1.54, 1.807) is 6.07 Å². The molecule has 1 aromatic carbocycles. The van der Waals surface area contributed by atoms with Crippen molar-refractivity contribution in [2.45, 2.75) is 10.6 Å². The molecule has 0 aliphatic carbocycles. The molecule has 0 saturated carbocycles. The Hall–Kier alpha value is -2.08. The fourth-order valence-corrected chi connectivity index (χ4v) is 2.47. The van der Waals surface area contributed by atoms with Crippen molar-refractivity contribution in [2.24, 2.45) is 0 Å². The molecule has 2 N–H and O–H groups in total. The van der Waals surface area contributed by atoms with Crippen molar-refractivity contribution in [1.82, 2.24) is 4.98 Å². The third kappa shape index (κ3) is 2.78. The Morgan fingerprint density at radius 2 is 2.00 bits per heavy atom. The average molecular weight is 261 g/mol. The van der Waals surface area contributed by atoms with Gasteiger partial charge in [-0.15, -0.1) is 11.8 Å². The highest BCUT2D eigenvalue weighted by molar-refractivity contribution is 7.98. The van der Waals surface area contributed by atoms with Gasteiger partial charge in [-0.05, 0) is 11.6 Å². The zero-order valence-electron chi connectivity index (χ0n) is 9.45. The second-order valence-corrected chi connectivity index (χ2v) is 4.59. The largest absolute Gasteiger partial charge is 0.378 e. The van der Waals surface area contributed by atoms with Gasteiger partial charge in [-0.3, -0.25) is 10.1 Å². The van der Waals surface area contributed by atoms with Crippen molar-refractivity contribution in [3.63, 3.8) is 0 Å². The molecule has 5 nitrogen and oxygen atoms in total. The Labute approximate surface area is 108 Å². The summed E-state index contributed by atoms with van der Waals surface area (Å²) in [5.74, 6) is 0.614. The first-order chi connectivity index (χ1) is 8.68. The lowest BCUT2D eigenvalue weighted by Gasteiger charge is -2.04. The van der Waals surface area contributed by atoms with Gasteiger partial charge in [0, 0.05) is 11.9 Å². The summed E-state index contributed by atoms with van der Waals surface area (Å²) >= 11 is 1.38. The first kappa shape index (κ1) is 12.4. The molecular formula is C12H11N3O2S. The topological polar surface area (TPSA) is 82.0 Å². The molecule has 18 heavy (non-hydrogen) atoms. The standard InChI is InChI=1S/C12H11N3O2S/c13-12-11(15(16)17)10(6-7-14-12)18-8-9-4-2-1-3-5-9/h1-7H,8H2,(H2,13,14). The lowest BCUT2D eigenvalue weighted by molar-refractivity contribution is -0.387. The Morgan fingerprint density at radius 1 is 1.28 bits per heavy atom. The van der Waals surface area contributed by atoms with Gasteiger partial charge in [0.25, 0.3) is 0 Å². The van der Waals surface area contributed by atoms with Crippen LogP contribution >= 0.6 is 11.8 Å². The van der Waals surface area contributed by atoms with E-state index in [0.29, 0.717) is 10.6 Å². The van der Waals surface area contributed by atoms with E-state index < -0.39 is 4.92 Å². The monoisotopic (exact) mass is 261 g/mol. The fourth-order valence-electron chi connectivity index (χ4n) is 1.49. The molecule has 2 aromatic rings. The third-order valence-electron chi connectivity index (χ3n) is 2.34. The summed E-state index contributed by atoms with van der Waals surface area (Å²) in [6, 6.07) is 11.4. The molecule has 0 atom stereocenters. The number of hydrogen-bond acceptors (Lipinski definition) is 5. The van der Waals surface area contributed by atoms with Gasteiger partial charge >= 0.3 is 5.69 Å². The molecule has 92 valence electrons. The first-order valence-corrected chi connectivity index (χ1v) is 6.22. The summed E-state index contributed by atoms with van der Waals surface area (Å²) in [4.78, 5) is 14.7. The van der Waals surface area contributed by atoms with Crippen LogP contribution in [0, 0.1) is 10.1 Å². The van der Waals surface area contributed by atoms with Gasteiger partial charge in [0.1, 0.15) is 0 Å². The minimum Gasteiger partial charge on any atom is -0.378 e. The van der Waals surface area contributed by atoms with Crippen molar-refractivity contribution >= 4 is 23.3 Å². The molecule has 6 heteroatoms. The number of thioether (sulfide) groups is 1. The van der Waals surface area contributed by atoms with Crippen LogP contribution < -0.4 is 5.73 Å². The summed E-state index contributed by atoms with van der Waals surface area (Å²) in [6.45, 7) is 0. The number of anilines is 1. The SMILES string of the molecule is Nc1nccc(SCc2ccccc2)c1[N+](=O)[O-]. The quantitative estimate of drug-likeness (QED) is 0.520. The zero-order valence-corrected chi connectivity index (χ0v) is 10.3. The molecule has 2 rings (SSSR count). The van der Waals surface area contributed by atoms with E-state index in [0.717, 1.165) is 5.56 Å². The molecule has 0 aliphatic heterocycles. The number of nitrogen functional groups attached to an aromatic ring is 1. The van der Waals surface area contributed by atoms with Gasteiger partial charge in [-0.1, -0.05) is 30.3 Å². The molecule has 0 bridgehead atoms. The molecule has 0 unspecified atom stereocenters. The second-order valence-electron chi connectivity index (χ2n) is 3.57. The molecule has 0 spiro atoms. The molecule has 1 aromatic heterocycles. The van der Waals surface area contributed by atoms with Crippen molar-refractivity contribution in [3.05, 3.63) is 58.3 Å². The van der Waals surface area contributed by atoms with Gasteiger partial charge < -0.3 is 5.73 Å². The fraction of sp³-hybridized carbons (Fsp3) is 0.0833. The number of rotatable bonds is 4. The van der Waals surface area contributed by atoms with Crippen LogP contribution in [0.15, 0.2) is 47.5 Å². The number of aromatic nitrogens is 1. The Bertz CT molecular complexity index is 561. The van der Waals surface area contributed by atoms with Crippen molar-refractivity contribution in [2.75, 3.05) is 5.73 Å². The molecule has 0 fully saturated rings. The van der Waals surface area contributed by atoms with Crippen molar-refractivity contribution in [3.8, 4) is 0 Å². The normalized spacial score (nSPS) is 10.2. The summed E-state index contributed by atoms with van der Waals surface area (Å²) in [5, 5.41) is 10.9. The van der Waals surface area contributed by atoms with Crippen LogP contribution in [0.4, 0.5) is 11.5 Å². The maximum Gasteiger partial charge on any atom is 0.324 e. The first-order valence-electron chi connectivity index (χ1n) is 5.24. The highest BCUT2D eigenvalue weighted by Gasteiger charge is 2.19. The van der Waals surface area contributed by atoms with Crippen LogP contribution in [-0.4, -0.2) is 9.91 Å². The number of nitro groups is 1. The van der Waals surface area contributed by atoms with Gasteiger partial charge in [0.15, 0.2) is 0 Å². The predicted octanol–water partition coefficient (Wildman–Crippen LogP) is 2.86. The Kier molecular flexibility index (Phi) is 3.78. The zero-order chi connectivity index (χ0) is 13.0. The number of nitrogens with zero attached hydrogens (tertiary/aromatic N) is 2. The highest BCUT2D eigenvalue weighted by atomic mass is 32.2. The summed E-state index contributed by atoms with van der Waals surface area (Å²) in [7, 11) is 0. The number of hydrogen-bond donors (Lipinski definition) is 1. The van der Waals surface area contributed by atoms with E-state index >= 15 is 0 Å². The van der Waals surface area contributed by atoms with Gasteiger partial charge in [-0.25, -0.2) is 4.98 Å². The highest BCUT2D eigenvalue weighted by Crippen LogP contribution is 2.34. The summed E-state index contributed by atoms with van der Waals surface area (Å²) in [5.41, 5.74) is 6.52. The van der Waals surface area contributed by atoms with Gasteiger partial charge in [-0.2, -0.15) is 0 Å². The third-order valence-corrected chi connectivity index (χ3v) is 3.45. The molecular weight excluding hydrogens is 250 g/mol. The van der Waals surface area contributed by atoms with Gasteiger partial charge in [0.05, 0.1) is 9.82 Å². The van der Waals surface area contributed by atoms with Crippen molar-refractivity contribution < 1.29 is 4.92 Å². The summed E-state index contributed by atoms with van der Waals surface area (Å²) in [6.07, 6.45) is 1.48. The van der Waals surface area contributed by atoms with E-state index in [1.165, 1.54) is 18.0 Å². The number of benzene rings is 1. The summed E-state index contributed by atoms with van der Waals surface area (Å²) < 4.78 is 0.